The van der Waals surface area contributed by atoms with Gasteiger partial charge in [-0.05, 0) is 74.9 Å². The Bertz CT molecular complexity index is 674. The van der Waals surface area contributed by atoms with Gasteiger partial charge >= 0.3 is 0 Å². The van der Waals surface area contributed by atoms with Gasteiger partial charge in [0.15, 0.2) is 0 Å². The van der Waals surface area contributed by atoms with E-state index in [1.165, 1.54) is 63.6 Å². The molecule has 1 N–H and O–H groups in total. The Balaban J connectivity index is 1.19. The number of likely N-dealkylation sites (tertiary alicyclic amines) is 2. The van der Waals surface area contributed by atoms with Crippen molar-refractivity contribution in [1.29, 1.82) is 0 Å². The highest BCUT2D eigenvalue weighted by atomic mass is 16.1. The van der Waals surface area contributed by atoms with Crippen LogP contribution in [0.5, 0.6) is 0 Å². The number of piperidine rings is 2. The minimum absolute atomic E-state index is 0.254. The maximum atomic E-state index is 12.0. The first-order chi connectivity index (χ1) is 13.7. The standard InChI is InChI=1S/C24H35N3O/c28-23(25-21-6-7-21)10-13-26-14-11-24(12-15-26)16-20(19-4-2-1-3-5-19)17-27(18-24)22-8-9-22/h1-5,20-22H,6-18H2,(H,25,28). The first-order valence-corrected chi connectivity index (χ1v) is 11.5. The van der Waals surface area contributed by atoms with Crippen LogP contribution in [-0.2, 0) is 4.79 Å². The monoisotopic (exact) mass is 381 g/mol. The largest absolute Gasteiger partial charge is 0.353 e. The van der Waals surface area contributed by atoms with Crippen molar-refractivity contribution in [3.8, 4) is 0 Å². The number of rotatable bonds is 6. The van der Waals surface area contributed by atoms with Gasteiger partial charge in [0.25, 0.3) is 0 Å². The molecular formula is C24H35N3O. The minimum atomic E-state index is 0.254. The first kappa shape index (κ1) is 18.6. The van der Waals surface area contributed by atoms with Gasteiger partial charge in [-0.15, -0.1) is 0 Å². The topological polar surface area (TPSA) is 35.6 Å². The smallest absolute Gasteiger partial charge is 0.221 e. The number of carbonyl (C=O) groups excluding carboxylic acids is 1. The molecule has 4 heteroatoms. The molecule has 4 aliphatic rings. The molecule has 152 valence electrons. The van der Waals surface area contributed by atoms with Crippen molar-refractivity contribution >= 4 is 5.91 Å². The van der Waals surface area contributed by atoms with Crippen molar-refractivity contribution in [1.82, 2.24) is 15.1 Å². The fourth-order valence-electron chi connectivity index (χ4n) is 5.50. The summed E-state index contributed by atoms with van der Waals surface area (Å²) in [7, 11) is 0. The second-order valence-electron chi connectivity index (χ2n) is 9.91. The van der Waals surface area contributed by atoms with Crippen LogP contribution in [0.15, 0.2) is 30.3 Å². The Labute approximate surface area is 169 Å². The third-order valence-corrected chi connectivity index (χ3v) is 7.52. The van der Waals surface area contributed by atoms with E-state index in [1.54, 1.807) is 0 Å². The van der Waals surface area contributed by atoms with Crippen LogP contribution in [0.2, 0.25) is 0 Å². The first-order valence-electron chi connectivity index (χ1n) is 11.5. The molecule has 1 aromatic rings. The fraction of sp³-hybridized carbons (Fsp3) is 0.708. The van der Waals surface area contributed by atoms with Gasteiger partial charge < -0.3 is 10.2 Å². The van der Waals surface area contributed by atoms with Crippen molar-refractivity contribution in [3.05, 3.63) is 35.9 Å². The SMILES string of the molecule is O=C(CCN1CCC2(CC1)CC(c1ccccc1)CN(C1CC1)C2)NC1CC1. The predicted molar refractivity (Wildman–Crippen MR) is 112 cm³/mol. The van der Waals surface area contributed by atoms with Gasteiger partial charge in [-0.25, -0.2) is 0 Å². The molecule has 1 amide bonds. The molecule has 4 nitrogen and oxygen atoms in total. The Morgan fingerprint density at radius 2 is 1.82 bits per heavy atom. The number of nitrogens with one attached hydrogen (secondary N) is 1. The number of amides is 1. The molecule has 2 aliphatic heterocycles. The van der Waals surface area contributed by atoms with E-state index in [4.69, 9.17) is 0 Å². The van der Waals surface area contributed by atoms with E-state index < -0.39 is 0 Å². The summed E-state index contributed by atoms with van der Waals surface area (Å²) >= 11 is 0. The normalized spacial score (nSPS) is 28.4. The summed E-state index contributed by atoms with van der Waals surface area (Å²) in [5, 5.41) is 3.13. The fourth-order valence-corrected chi connectivity index (χ4v) is 5.50. The molecular weight excluding hydrogens is 346 g/mol. The van der Waals surface area contributed by atoms with Gasteiger partial charge in [0.05, 0.1) is 0 Å². The van der Waals surface area contributed by atoms with Crippen molar-refractivity contribution < 1.29 is 4.79 Å². The molecule has 1 atom stereocenters. The van der Waals surface area contributed by atoms with Crippen LogP contribution >= 0.6 is 0 Å². The number of nitrogens with zero attached hydrogens (tertiary/aromatic N) is 2. The predicted octanol–water partition coefficient (Wildman–Crippen LogP) is 3.39. The molecule has 2 aliphatic carbocycles. The second-order valence-corrected chi connectivity index (χ2v) is 9.91. The van der Waals surface area contributed by atoms with Crippen LogP contribution < -0.4 is 5.32 Å². The lowest BCUT2D eigenvalue weighted by Crippen LogP contribution is -2.52. The van der Waals surface area contributed by atoms with Crippen molar-refractivity contribution in [2.75, 3.05) is 32.7 Å². The van der Waals surface area contributed by atoms with E-state index in [0.29, 0.717) is 23.8 Å². The summed E-state index contributed by atoms with van der Waals surface area (Å²) in [5.74, 6) is 0.941. The summed E-state index contributed by atoms with van der Waals surface area (Å²) < 4.78 is 0. The van der Waals surface area contributed by atoms with E-state index >= 15 is 0 Å². The number of hydrogen-bond acceptors (Lipinski definition) is 3. The van der Waals surface area contributed by atoms with Crippen LogP contribution in [0.3, 0.4) is 0 Å². The highest BCUT2D eigenvalue weighted by molar-refractivity contribution is 5.76. The van der Waals surface area contributed by atoms with E-state index in [1.807, 2.05) is 0 Å². The van der Waals surface area contributed by atoms with Crippen molar-refractivity contribution in [2.45, 2.75) is 69.4 Å². The lowest BCUT2D eigenvalue weighted by molar-refractivity contribution is -0.121. The average Bonchev–Trinajstić information content (AvgIpc) is 3.62. The third-order valence-electron chi connectivity index (χ3n) is 7.52. The minimum Gasteiger partial charge on any atom is -0.353 e. The van der Waals surface area contributed by atoms with Gasteiger partial charge in [0, 0.05) is 38.1 Å². The molecule has 4 fully saturated rings. The summed E-state index contributed by atoms with van der Waals surface area (Å²) in [6.07, 6.45) is 9.77. The quantitative estimate of drug-likeness (QED) is 0.820. The molecule has 28 heavy (non-hydrogen) atoms. The molecule has 2 saturated heterocycles. The Morgan fingerprint density at radius 1 is 1.07 bits per heavy atom. The van der Waals surface area contributed by atoms with Crippen LogP contribution in [0.4, 0.5) is 0 Å². The third kappa shape index (κ3) is 4.44. The Kier molecular flexibility index (Phi) is 5.18. The molecule has 1 aromatic carbocycles. The number of hydrogen-bond donors (Lipinski definition) is 1. The molecule has 2 heterocycles. The van der Waals surface area contributed by atoms with Gasteiger partial charge in [0.2, 0.25) is 5.91 Å². The van der Waals surface area contributed by atoms with Gasteiger partial charge in [0.1, 0.15) is 0 Å². The maximum Gasteiger partial charge on any atom is 0.221 e. The lowest BCUT2D eigenvalue weighted by Gasteiger charge is -2.50. The zero-order chi connectivity index (χ0) is 19.0. The summed E-state index contributed by atoms with van der Waals surface area (Å²) in [4.78, 5) is 17.4. The van der Waals surface area contributed by atoms with Gasteiger partial charge in [-0.1, -0.05) is 30.3 Å². The summed E-state index contributed by atoms with van der Waals surface area (Å²) in [6.45, 7) is 5.81. The van der Waals surface area contributed by atoms with E-state index in [2.05, 4.69) is 45.4 Å². The molecule has 0 aromatic heterocycles. The Hall–Kier alpha value is -1.39. The molecule has 1 unspecified atom stereocenters. The van der Waals surface area contributed by atoms with Gasteiger partial charge in [-0.3, -0.25) is 9.69 Å². The van der Waals surface area contributed by atoms with E-state index in [9.17, 15) is 4.79 Å². The van der Waals surface area contributed by atoms with E-state index in [-0.39, 0.29) is 5.91 Å². The van der Waals surface area contributed by atoms with Crippen LogP contribution in [0.25, 0.3) is 0 Å². The summed E-state index contributed by atoms with van der Waals surface area (Å²) in [6, 6.07) is 12.6. The van der Waals surface area contributed by atoms with Gasteiger partial charge in [-0.2, -0.15) is 0 Å². The molecule has 5 rings (SSSR count). The van der Waals surface area contributed by atoms with Crippen LogP contribution in [-0.4, -0.2) is 60.5 Å². The zero-order valence-electron chi connectivity index (χ0n) is 17.1. The average molecular weight is 382 g/mol. The molecule has 0 bridgehead atoms. The van der Waals surface area contributed by atoms with Crippen LogP contribution in [0, 0.1) is 5.41 Å². The Morgan fingerprint density at radius 3 is 2.50 bits per heavy atom. The number of benzene rings is 1. The molecule has 1 spiro atoms. The second kappa shape index (κ2) is 7.79. The maximum absolute atomic E-state index is 12.0. The summed E-state index contributed by atoms with van der Waals surface area (Å²) in [5.41, 5.74) is 2.01. The number of carbonyl (C=O) groups is 1. The van der Waals surface area contributed by atoms with Crippen molar-refractivity contribution in [3.63, 3.8) is 0 Å². The highest BCUT2D eigenvalue weighted by Gasteiger charge is 2.45. The van der Waals surface area contributed by atoms with E-state index in [0.717, 1.165) is 25.7 Å². The van der Waals surface area contributed by atoms with Crippen molar-refractivity contribution in [2.24, 2.45) is 5.41 Å². The molecule has 2 saturated carbocycles. The molecule has 0 radical (unpaired) electrons. The lowest BCUT2D eigenvalue weighted by atomic mass is 9.68. The zero-order valence-corrected chi connectivity index (χ0v) is 17.1. The highest BCUT2D eigenvalue weighted by Crippen LogP contribution is 2.47. The van der Waals surface area contributed by atoms with Crippen LogP contribution in [0.1, 0.15) is 62.8 Å².